The molecule has 1 aromatic carbocycles. The number of aromatic nitrogens is 6. The Morgan fingerprint density at radius 3 is 1.79 bits per heavy atom. The molecule has 3 heterocycles. The Balaban J connectivity index is 1.52. The van der Waals surface area contributed by atoms with Gasteiger partial charge < -0.3 is 22.9 Å². The summed E-state index contributed by atoms with van der Waals surface area (Å²) in [6, 6.07) is 11.2. The van der Waals surface area contributed by atoms with Crippen LogP contribution in [0.5, 0.6) is 0 Å². The second-order valence-corrected chi connectivity index (χ2v) is 6.83. The van der Waals surface area contributed by atoms with Crippen LogP contribution in [0.25, 0.3) is 22.1 Å². The van der Waals surface area contributed by atoms with E-state index in [1.165, 1.54) is 11.3 Å². The number of rotatable bonds is 4. The van der Waals surface area contributed by atoms with Crippen molar-refractivity contribution in [3.8, 4) is 22.1 Å². The van der Waals surface area contributed by atoms with Crippen LogP contribution in [0.4, 0.5) is 28.8 Å². The van der Waals surface area contributed by atoms with Crippen LogP contribution in [0, 0.1) is 0 Å². The third-order valence-electron chi connectivity index (χ3n) is 3.66. The van der Waals surface area contributed by atoms with E-state index in [0.29, 0.717) is 11.6 Å². The first kappa shape index (κ1) is 18.2. The predicted molar refractivity (Wildman–Crippen MR) is 113 cm³/mol. The molecule has 0 bridgehead atoms. The van der Waals surface area contributed by atoms with Gasteiger partial charge in [0.1, 0.15) is 5.00 Å². The third-order valence-corrected chi connectivity index (χ3v) is 4.65. The van der Waals surface area contributed by atoms with E-state index in [9.17, 15) is 0 Å². The van der Waals surface area contributed by atoms with Crippen molar-refractivity contribution in [1.82, 2.24) is 29.9 Å². The van der Waals surface area contributed by atoms with E-state index >= 15 is 0 Å². The fraction of sp³-hybridized carbons (Fsp3) is 0. The molecule has 0 atom stereocenters. The van der Waals surface area contributed by atoms with Gasteiger partial charge in [0.25, 0.3) is 0 Å². The van der Waals surface area contributed by atoms with Crippen molar-refractivity contribution in [1.29, 1.82) is 0 Å². The van der Waals surface area contributed by atoms with Crippen molar-refractivity contribution < 1.29 is 0 Å². The Bertz CT molecular complexity index is 1160. The summed E-state index contributed by atoms with van der Waals surface area (Å²) in [4.78, 5) is 29.1. The minimum Gasteiger partial charge on any atom is -0.368 e. The maximum absolute atomic E-state index is 5.62. The first-order chi connectivity index (χ1) is 14.0. The van der Waals surface area contributed by atoms with E-state index in [2.05, 4.69) is 34.9 Å². The Labute approximate surface area is 168 Å². The number of nitrogen functional groups attached to an aromatic ring is 4. The zero-order valence-corrected chi connectivity index (χ0v) is 15.7. The molecule has 0 radical (unpaired) electrons. The minimum absolute atomic E-state index is 0.0766. The normalized spacial score (nSPS) is 11.2. The molecule has 0 saturated heterocycles. The van der Waals surface area contributed by atoms with Crippen LogP contribution >= 0.6 is 11.3 Å². The van der Waals surface area contributed by atoms with Gasteiger partial charge in [0.05, 0.1) is 4.88 Å². The van der Waals surface area contributed by atoms with Gasteiger partial charge in [0.2, 0.25) is 23.8 Å². The molecular formula is C17H15N11S. The first-order valence-electron chi connectivity index (χ1n) is 8.25. The lowest BCUT2D eigenvalue weighted by Crippen LogP contribution is -2.04. The largest absolute Gasteiger partial charge is 0.368 e. The van der Waals surface area contributed by atoms with Crippen LogP contribution in [0.15, 0.2) is 41.4 Å². The molecule has 0 aliphatic carbocycles. The summed E-state index contributed by atoms with van der Waals surface area (Å²) in [5, 5.41) is 0.777. The van der Waals surface area contributed by atoms with Crippen molar-refractivity contribution in [2.45, 2.75) is 0 Å². The standard InChI is InChI=1S/C17H15N11S/c18-14-23-12(24-15(19)27-14)9-3-1-8(2-4-9)7-22-11-6-5-10(29-11)13-25-16(20)28-17(21)26-13/h1-7H,(H4,18,19,23,24,27)(H4,20,21,25,26,28). The summed E-state index contributed by atoms with van der Waals surface area (Å²) in [6.45, 7) is 0. The molecule has 8 N–H and O–H groups in total. The molecule has 0 amide bonds. The molecule has 11 nitrogen and oxygen atoms in total. The van der Waals surface area contributed by atoms with Crippen LogP contribution in [-0.2, 0) is 0 Å². The molecule has 4 aromatic rings. The highest BCUT2D eigenvalue weighted by Crippen LogP contribution is 2.31. The lowest BCUT2D eigenvalue weighted by molar-refractivity contribution is 1.09. The molecule has 0 aliphatic rings. The second kappa shape index (κ2) is 7.44. The summed E-state index contributed by atoms with van der Waals surface area (Å²) in [7, 11) is 0. The van der Waals surface area contributed by atoms with Crippen LogP contribution in [0.1, 0.15) is 5.56 Å². The predicted octanol–water partition coefficient (Wildman–Crippen LogP) is 1.53. The SMILES string of the molecule is Nc1nc(N)nc(-c2ccc(C=Nc3ccc(-c4nc(N)nc(N)n4)s3)cc2)n1. The summed E-state index contributed by atoms with van der Waals surface area (Å²) in [5.41, 5.74) is 24.1. The summed E-state index contributed by atoms with van der Waals surface area (Å²) in [5.74, 6) is 1.14. The zero-order valence-electron chi connectivity index (χ0n) is 14.9. The Kier molecular flexibility index (Phi) is 4.66. The Hall–Kier alpha value is -4.19. The van der Waals surface area contributed by atoms with Crippen molar-refractivity contribution >= 4 is 46.3 Å². The van der Waals surface area contributed by atoms with E-state index in [4.69, 9.17) is 22.9 Å². The first-order valence-corrected chi connectivity index (χ1v) is 9.07. The number of benzene rings is 1. The van der Waals surface area contributed by atoms with Gasteiger partial charge in [-0.15, -0.1) is 11.3 Å². The summed E-state index contributed by atoms with van der Waals surface area (Å²) < 4.78 is 0. The highest BCUT2D eigenvalue weighted by atomic mass is 32.1. The van der Waals surface area contributed by atoms with Gasteiger partial charge in [-0.05, 0) is 17.7 Å². The Morgan fingerprint density at radius 2 is 1.21 bits per heavy atom. The number of anilines is 4. The van der Waals surface area contributed by atoms with Crippen molar-refractivity contribution in [2.24, 2.45) is 4.99 Å². The molecule has 0 spiro atoms. The van der Waals surface area contributed by atoms with Gasteiger partial charge in [-0.3, -0.25) is 0 Å². The zero-order chi connectivity index (χ0) is 20.4. The van der Waals surface area contributed by atoms with Crippen LogP contribution in [-0.4, -0.2) is 36.1 Å². The van der Waals surface area contributed by atoms with Gasteiger partial charge in [0.15, 0.2) is 11.6 Å². The number of nitrogens with zero attached hydrogens (tertiary/aromatic N) is 7. The summed E-state index contributed by atoms with van der Waals surface area (Å²) >= 11 is 1.41. The lowest BCUT2D eigenvalue weighted by atomic mass is 10.1. The fourth-order valence-corrected chi connectivity index (χ4v) is 3.22. The average Bonchev–Trinajstić information content (AvgIpc) is 3.14. The van der Waals surface area contributed by atoms with Crippen LogP contribution in [0.3, 0.4) is 0 Å². The number of hydrogen-bond donors (Lipinski definition) is 4. The van der Waals surface area contributed by atoms with Gasteiger partial charge in [-0.25, -0.2) is 4.99 Å². The smallest absolute Gasteiger partial charge is 0.225 e. The van der Waals surface area contributed by atoms with E-state index in [0.717, 1.165) is 21.0 Å². The molecule has 4 rings (SSSR count). The monoisotopic (exact) mass is 405 g/mol. The highest BCUT2D eigenvalue weighted by molar-refractivity contribution is 7.19. The van der Waals surface area contributed by atoms with Crippen molar-refractivity contribution in [2.75, 3.05) is 22.9 Å². The van der Waals surface area contributed by atoms with E-state index < -0.39 is 0 Å². The quantitative estimate of drug-likeness (QED) is 0.361. The Morgan fingerprint density at radius 1 is 0.655 bits per heavy atom. The van der Waals surface area contributed by atoms with Crippen molar-refractivity contribution in [3.05, 3.63) is 42.0 Å². The van der Waals surface area contributed by atoms with Gasteiger partial charge >= 0.3 is 0 Å². The van der Waals surface area contributed by atoms with Crippen molar-refractivity contribution in [3.63, 3.8) is 0 Å². The van der Waals surface area contributed by atoms with E-state index in [1.54, 1.807) is 6.21 Å². The molecule has 0 unspecified atom stereocenters. The summed E-state index contributed by atoms with van der Waals surface area (Å²) in [6.07, 6.45) is 1.74. The molecule has 3 aromatic heterocycles. The fourth-order valence-electron chi connectivity index (χ4n) is 2.43. The van der Waals surface area contributed by atoms with Gasteiger partial charge in [-0.1, -0.05) is 24.3 Å². The third kappa shape index (κ3) is 4.22. The molecule has 0 aliphatic heterocycles. The number of nitrogens with two attached hydrogens (primary N) is 4. The van der Waals surface area contributed by atoms with Gasteiger partial charge in [0, 0.05) is 11.8 Å². The second-order valence-electron chi connectivity index (χ2n) is 5.77. The number of aliphatic imine (C=N–C) groups is 1. The van der Waals surface area contributed by atoms with E-state index in [-0.39, 0.29) is 23.8 Å². The minimum atomic E-state index is 0.0766. The molecule has 29 heavy (non-hydrogen) atoms. The lowest BCUT2D eigenvalue weighted by Gasteiger charge is -2.02. The number of hydrogen-bond acceptors (Lipinski definition) is 12. The highest BCUT2D eigenvalue weighted by Gasteiger charge is 2.08. The van der Waals surface area contributed by atoms with E-state index in [1.807, 2.05) is 36.4 Å². The van der Waals surface area contributed by atoms with Gasteiger partial charge in [-0.2, -0.15) is 29.9 Å². The topological polar surface area (TPSA) is 194 Å². The molecule has 12 heteroatoms. The maximum atomic E-state index is 5.62. The van der Waals surface area contributed by atoms with Crippen LogP contribution in [0.2, 0.25) is 0 Å². The average molecular weight is 405 g/mol. The molecule has 0 fully saturated rings. The molecule has 144 valence electrons. The maximum Gasteiger partial charge on any atom is 0.225 e. The molecular weight excluding hydrogens is 390 g/mol. The molecule has 0 saturated carbocycles. The van der Waals surface area contributed by atoms with Crippen LogP contribution < -0.4 is 22.9 Å². The number of thiophene rings is 1.